The molecule has 1 amide bonds. The second-order valence-electron chi connectivity index (χ2n) is 6.25. The fourth-order valence-corrected chi connectivity index (χ4v) is 3.29. The van der Waals surface area contributed by atoms with Gasteiger partial charge < -0.3 is 19.4 Å². The van der Waals surface area contributed by atoms with E-state index in [9.17, 15) is 4.79 Å². The summed E-state index contributed by atoms with van der Waals surface area (Å²) in [5, 5.41) is 0. The number of carbonyl (C=O) groups is 1. The van der Waals surface area contributed by atoms with E-state index in [0.717, 1.165) is 50.2 Å². The molecule has 27 heavy (non-hydrogen) atoms. The van der Waals surface area contributed by atoms with Crippen LogP contribution in [0.1, 0.15) is 10.5 Å². The maximum absolute atomic E-state index is 12.2. The fraction of sp³-hybridized carbons (Fsp3) is 0.444. The number of rotatable bonds is 7. The minimum absolute atomic E-state index is 0. The number of carbonyl (C=O) groups excluding carboxylic acids is 1. The van der Waals surface area contributed by atoms with E-state index in [1.165, 1.54) is 4.90 Å². The molecule has 0 aliphatic carbocycles. The Bertz CT molecular complexity index is 705. The van der Waals surface area contributed by atoms with Crippen molar-refractivity contribution >= 4 is 23.5 Å². The van der Waals surface area contributed by atoms with E-state index in [4.69, 9.17) is 4.74 Å². The summed E-state index contributed by atoms with van der Waals surface area (Å²) in [6.07, 6.45) is 2.13. The Labute approximate surface area is 188 Å². The Kier molecular flexibility index (Phi) is 9.03. The van der Waals surface area contributed by atoms with Crippen molar-refractivity contribution in [3.63, 3.8) is 0 Å². The zero-order valence-electron chi connectivity index (χ0n) is 15.6. The summed E-state index contributed by atoms with van der Waals surface area (Å²) in [7, 11) is 3.46. The quantitative estimate of drug-likeness (QED) is 0.349. The van der Waals surface area contributed by atoms with Gasteiger partial charge in [-0.05, 0) is 6.61 Å². The number of ether oxygens (including phenoxy) is 1. The summed E-state index contributed by atoms with van der Waals surface area (Å²) < 4.78 is 14.2. The molecule has 7 nitrogen and oxygen atoms in total. The van der Waals surface area contributed by atoms with E-state index in [1.807, 2.05) is 24.3 Å². The van der Waals surface area contributed by atoms with Crippen molar-refractivity contribution in [1.82, 2.24) is 18.5 Å². The molecule has 1 aromatic heterocycles. The number of amides is 1. The average molecular weight is 612 g/mol. The van der Waals surface area contributed by atoms with Crippen molar-refractivity contribution in [1.29, 1.82) is 0 Å². The second-order valence-corrected chi connectivity index (χ2v) is 6.78. The number of piperazine rings is 1. The van der Waals surface area contributed by atoms with E-state index in [2.05, 4.69) is 31.0 Å². The van der Waals surface area contributed by atoms with Gasteiger partial charge in [0.15, 0.2) is 11.5 Å². The molecule has 1 aliphatic heterocycles. The van der Waals surface area contributed by atoms with E-state index < -0.39 is 0 Å². The zero-order valence-corrected chi connectivity index (χ0v) is 20.6. The molecule has 142 valence electrons. The number of para-hydroxylation sites is 1. The van der Waals surface area contributed by atoms with Crippen LogP contribution in [0.25, 0.3) is 0 Å². The maximum Gasteiger partial charge on any atom is 2.00 e. The van der Waals surface area contributed by atoms with Gasteiger partial charge in [0.25, 0.3) is 5.91 Å². The number of nitrogens with zero attached hydrogens (tertiary/aromatic N) is 5. The van der Waals surface area contributed by atoms with Gasteiger partial charge in [0.2, 0.25) is 0 Å². The normalized spacial score (nSPS) is 14.5. The van der Waals surface area contributed by atoms with E-state index in [0.29, 0.717) is 18.1 Å². The van der Waals surface area contributed by atoms with Gasteiger partial charge in [-0.25, -0.2) is 0 Å². The van der Waals surface area contributed by atoms with Crippen molar-refractivity contribution < 1.29 is 40.6 Å². The molecule has 3 rings (SSSR count). The van der Waals surface area contributed by atoms with Crippen molar-refractivity contribution in [2.75, 3.05) is 58.3 Å². The zero-order chi connectivity index (χ0) is 18.4. The van der Waals surface area contributed by atoms with Gasteiger partial charge in [0.05, 0.1) is 11.7 Å². The van der Waals surface area contributed by atoms with E-state index >= 15 is 0 Å². The number of aromatic nitrogens is 2. The van der Waals surface area contributed by atoms with Gasteiger partial charge in [-0.15, -0.1) is 18.7 Å². The SMILES string of the molecule is CN(C)C(=O)c1nsnc1N1CCN(C[CH-]COc2[c-]cccc2)CC1.[U+2]. The van der Waals surface area contributed by atoms with E-state index in [1.54, 1.807) is 14.1 Å². The third kappa shape index (κ3) is 6.18. The summed E-state index contributed by atoms with van der Waals surface area (Å²) in [4.78, 5) is 18.2. The second kappa shape index (κ2) is 11.0. The van der Waals surface area contributed by atoms with Gasteiger partial charge in [0, 0.05) is 46.0 Å². The average Bonchev–Trinajstić information content (AvgIpc) is 3.15. The Morgan fingerprint density at radius 1 is 1.30 bits per heavy atom. The first-order chi connectivity index (χ1) is 12.6. The Balaban J connectivity index is 0.00000261. The summed E-state index contributed by atoms with van der Waals surface area (Å²) >= 11 is 1.09. The minimum atomic E-state index is -0.0978. The molecule has 0 bridgehead atoms. The molecule has 2 heterocycles. The van der Waals surface area contributed by atoms with Gasteiger partial charge in [-0.1, -0.05) is 0 Å². The third-order valence-electron chi connectivity index (χ3n) is 4.18. The molecule has 0 saturated carbocycles. The van der Waals surface area contributed by atoms with Crippen LogP contribution in [0.15, 0.2) is 24.3 Å². The van der Waals surface area contributed by atoms with Gasteiger partial charge in [-0.2, -0.15) is 26.9 Å². The molecule has 0 unspecified atom stereocenters. The molecule has 2 aromatic rings. The minimum Gasteiger partial charge on any atom is -0.551 e. The van der Waals surface area contributed by atoms with Crippen molar-refractivity contribution in [3.05, 3.63) is 42.4 Å². The summed E-state index contributed by atoms with van der Waals surface area (Å²) in [6.45, 7) is 4.94. The molecular formula is C18H23N5O2SU. The first-order valence-corrected chi connectivity index (χ1v) is 9.31. The van der Waals surface area contributed by atoms with Crippen molar-refractivity contribution in [2.24, 2.45) is 0 Å². The topological polar surface area (TPSA) is 61.8 Å². The molecule has 0 spiro atoms. The number of hydrogen-bond donors (Lipinski definition) is 0. The number of anilines is 1. The smallest absolute Gasteiger partial charge is 0.551 e. The first-order valence-electron chi connectivity index (χ1n) is 8.58. The largest absolute Gasteiger partial charge is 2.00 e. The van der Waals surface area contributed by atoms with Crippen LogP contribution in [0.5, 0.6) is 5.75 Å². The van der Waals surface area contributed by atoms with Crippen molar-refractivity contribution in [2.45, 2.75) is 0 Å². The Hall–Kier alpha value is -1.14. The molecule has 1 aromatic carbocycles. The van der Waals surface area contributed by atoms with Gasteiger partial charge >= 0.3 is 31.1 Å². The number of hydrogen-bond acceptors (Lipinski definition) is 7. The molecular weight excluding hydrogens is 588 g/mol. The van der Waals surface area contributed by atoms with Crippen LogP contribution in [-0.4, -0.2) is 77.9 Å². The Morgan fingerprint density at radius 3 is 2.74 bits per heavy atom. The molecule has 0 atom stereocenters. The van der Waals surface area contributed by atoms with Crippen LogP contribution in [0, 0.1) is 43.6 Å². The van der Waals surface area contributed by atoms with Crippen LogP contribution < -0.4 is 9.64 Å². The molecule has 0 N–H and O–H groups in total. The van der Waals surface area contributed by atoms with Crippen LogP contribution in [0.4, 0.5) is 5.82 Å². The first kappa shape index (κ1) is 22.2. The number of benzene rings is 1. The molecule has 0 radical (unpaired) electrons. The summed E-state index contributed by atoms with van der Waals surface area (Å²) in [5.74, 6) is 1.38. The standard InChI is InChI=1S/C18H23N5O2S.U/c1-21(2)18(24)16-17(20-26-19-16)23-12-10-22(11-13-23)9-6-14-25-15-7-4-3-5-8-15;/h3-7H,9-14H2,1-2H3;/q-2;+2. The van der Waals surface area contributed by atoms with Crippen molar-refractivity contribution in [3.8, 4) is 5.75 Å². The Morgan fingerprint density at radius 2 is 2.07 bits per heavy atom. The fourth-order valence-electron chi connectivity index (χ4n) is 2.73. The van der Waals surface area contributed by atoms with Crippen LogP contribution in [0.2, 0.25) is 0 Å². The van der Waals surface area contributed by atoms with Gasteiger partial charge in [0.1, 0.15) is 0 Å². The molecule has 1 aliphatic rings. The van der Waals surface area contributed by atoms with Crippen LogP contribution in [-0.2, 0) is 0 Å². The third-order valence-corrected chi connectivity index (χ3v) is 4.70. The molecule has 1 saturated heterocycles. The summed E-state index contributed by atoms with van der Waals surface area (Å²) in [5.41, 5.74) is 0.451. The monoisotopic (exact) mass is 611 g/mol. The molecule has 1 fully saturated rings. The van der Waals surface area contributed by atoms with E-state index in [-0.39, 0.29) is 37.0 Å². The predicted molar refractivity (Wildman–Crippen MR) is 102 cm³/mol. The maximum atomic E-state index is 12.2. The molecule has 9 heteroatoms. The van der Waals surface area contributed by atoms with Crippen LogP contribution >= 0.6 is 11.7 Å². The van der Waals surface area contributed by atoms with Crippen LogP contribution in [0.3, 0.4) is 0 Å². The van der Waals surface area contributed by atoms with Gasteiger partial charge in [-0.3, -0.25) is 11.2 Å². The summed E-state index contributed by atoms with van der Waals surface area (Å²) in [6, 6.07) is 10.7. The predicted octanol–water partition coefficient (Wildman–Crippen LogP) is 1.45.